The first-order valence-electron chi connectivity index (χ1n) is 7.39. The van der Waals surface area contributed by atoms with Crippen LogP contribution in [0.2, 0.25) is 0 Å². The minimum Gasteiger partial charge on any atom is -0.381 e. The molecule has 0 atom stereocenters. The fourth-order valence-corrected chi connectivity index (χ4v) is 1.94. The van der Waals surface area contributed by atoms with E-state index in [0.29, 0.717) is 0 Å². The van der Waals surface area contributed by atoms with E-state index in [4.69, 9.17) is 4.74 Å². The summed E-state index contributed by atoms with van der Waals surface area (Å²) >= 11 is 0. The first-order chi connectivity index (χ1) is 9.90. The summed E-state index contributed by atoms with van der Waals surface area (Å²) in [7, 11) is 0. The van der Waals surface area contributed by atoms with E-state index >= 15 is 0 Å². The third kappa shape index (κ3) is 4.87. The lowest BCUT2D eigenvalue weighted by molar-refractivity contribution is 0.128. The molecule has 0 amide bonds. The van der Waals surface area contributed by atoms with E-state index in [-0.39, 0.29) is 0 Å². The molecule has 20 heavy (non-hydrogen) atoms. The molecule has 0 aliphatic rings. The highest BCUT2D eigenvalue weighted by atomic mass is 16.5. The molecule has 0 bridgehead atoms. The maximum absolute atomic E-state index is 5.52. The highest BCUT2D eigenvalue weighted by Gasteiger charge is 1.98. The van der Waals surface area contributed by atoms with E-state index in [1.54, 1.807) is 0 Å². The molecule has 108 valence electrons. The van der Waals surface area contributed by atoms with Crippen molar-refractivity contribution < 1.29 is 4.74 Å². The van der Waals surface area contributed by atoms with Crippen molar-refractivity contribution in [3.63, 3.8) is 0 Å². The molecule has 0 radical (unpaired) electrons. The number of hydrogen-bond acceptors (Lipinski definition) is 4. The lowest BCUT2D eigenvalue weighted by atomic mass is 10.3. The summed E-state index contributed by atoms with van der Waals surface area (Å²) in [5.41, 5.74) is 2.88. The zero-order valence-electron chi connectivity index (χ0n) is 12.1. The molecule has 0 aliphatic carbocycles. The van der Waals surface area contributed by atoms with Crippen molar-refractivity contribution in [3.8, 4) is 0 Å². The molecule has 0 fully saturated rings. The number of fused-ring (bicyclic) bond motifs is 1. The third-order valence-corrected chi connectivity index (χ3v) is 3.09. The Morgan fingerprint density at radius 3 is 2.75 bits per heavy atom. The van der Waals surface area contributed by atoms with Gasteiger partial charge in [0, 0.05) is 19.8 Å². The van der Waals surface area contributed by atoms with Gasteiger partial charge in [0.2, 0.25) is 0 Å². The number of unbranched alkanes of at least 4 members (excludes halogenated alkanes) is 1. The lowest BCUT2D eigenvalue weighted by Gasteiger charge is -2.06. The second-order valence-electron chi connectivity index (χ2n) is 4.85. The molecule has 2 rings (SSSR count). The summed E-state index contributed by atoms with van der Waals surface area (Å²) in [6.45, 7) is 5.59. The van der Waals surface area contributed by atoms with Crippen LogP contribution in [-0.4, -0.2) is 29.7 Å². The van der Waals surface area contributed by atoms with Crippen molar-refractivity contribution >= 4 is 11.0 Å². The number of benzene rings is 1. The summed E-state index contributed by atoms with van der Waals surface area (Å²) in [4.78, 5) is 8.98. The third-order valence-electron chi connectivity index (χ3n) is 3.09. The van der Waals surface area contributed by atoms with Gasteiger partial charge in [-0.25, -0.2) is 4.98 Å². The molecule has 4 nitrogen and oxygen atoms in total. The Bertz CT molecular complexity index is 516. The molecule has 0 saturated carbocycles. The Balaban J connectivity index is 1.65. The minimum absolute atomic E-state index is 0.757. The van der Waals surface area contributed by atoms with Crippen LogP contribution in [0.3, 0.4) is 0 Å². The van der Waals surface area contributed by atoms with Gasteiger partial charge in [-0.1, -0.05) is 25.5 Å². The smallest absolute Gasteiger partial charge is 0.0890 e. The standard InChI is InChI=1S/C16H23N3O/c1-2-3-10-20-11-6-9-17-12-14-13-18-15-7-4-5-8-16(15)19-14/h4-5,7-8,13,17H,2-3,6,9-12H2,1H3. The molecule has 4 heteroatoms. The number of rotatable bonds is 9. The molecule has 2 aromatic rings. The fourth-order valence-electron chi connectivity index (χ4n) is 1.94. The average Bonchev–Trinajstić information content (AvgIpc) is 2.50. The summed E-state index contributed by atoms with van der Waals surface area (Å²) in [5.74, 6) is 0. The maximum Gasteiger partial charge on any atom is 0.0890 e. The average molecular weight is 273 g/mol. The second-order valence-corrected chi connectivity index (χ2v) is 4.85. The fraction of sp³-hybridized carbons (Fsp3) is 0.500. The Hall–Kier alpha value is -1.52. The van der Waals surface area contributed by atoms with Gasteiger partial charge in [-0.2, -0.15) is 0 Å². The van der Waals surface area contributed by atoms with Gasteiger partial charge in [0.25, 0.3) is 0 Å². The van der Waals surface area contributed by atoms with Crippen LogP contribution in [0.4, 0.5) is 0 Å². The van der Waals surface area contributed by atoms with Crippen LogP contribution in [0.25, 0.3) is 11.0 Å². The SMILES string of the molecule is CCCCOCCCNCc1cnc2ccccc2n1. The molecule has 1 aromatic heterocycles. The lowest BCUT2D eigenvalue weighted by Crippen LogP contribution is -2.17. The van der Waals surface area contributed by atoms with Crippen molar-refractivity contribution in [2.24, 2.45) is 0 Å². The number of hydrogen-bond donors (Lipinski definition) is 1. The first-order valence-corrected chi connectivity index (χ1v) is 7.39. The normalized spacial score (nSPS) is 11.1. The highest BCUT2D eigenvalue weighted by molar-refractivity contribution is 5.73. The first kappa shape index (κ1) is 14.9. The van der Waals surface area contributed by atoms with Crippen molar-refractivity contribution in [3.05, 3.63) is 36.2 Å². The van der Waals surface area contributed by atoms with Gasteiger partial charge in [0.15, 0.2) is 0 Å². The molecule has 0 saturated heterocycles. The molecule has 0 spiro atoms. The molecule has 1 N–H and O–H groups in total. The van der Waals surface area contributed by atoms with E-state index in [1.165, 1.54) is 6.42 Å². The van der Waals surface area contributed by atoms with Crippen LogP contribution >= 0.6 is 0 Å². The number of aromatic nitrogens is 2. The van der Waals surface area contributed by atoms with Gasteiger partial charge in [-0.3, -0.25) is 4.98 Å². The topological polar surface area (TPSA) is 47.0 Å². The summed E-state index contributed by atoms with van der Waals surface area (Å²) in [6, 6.07) is 7.94. The highest BCUT2D eigenvalue weighted by Crippen LogP contribution is 2.08. The van der Waals surface area contributed by atoms with Crippen LogP contribution in [0, 0.1) is 0 Å². The van der Waals surface area contributed by atoms with Gasteiger partial charge in [-0.05, 0) is 31.5 Å². The van der Waals surface area contributed by atoms with Crippen molar-refractivity contribution in [1.82, 2.24) is 15.3 Å². The molecular weight excluding hydrogens is 250 g/mol. The Labute approximate surface area is 120 Å². The zero-order valence-corrected chi connectivity index (χ0v) is 12.1. The van der Waals surface area contributed by atoms with E-state index < -0.39 is 0 Å². The molecule has 0 aliphatic heterocycles. The van der Waals surface area contributed by atoms with Crippen molar-refractivity contribution in [2.45, 2.75) is 32.7 Å². The Morgan fingerprint density at radius 1 is 1.10 bits per heavy atom. The number of ether oxygens (including phenoxy) is 1. The van der Waals surface area contributed by atoms with Crippen LogP contribution in [-0.2, 0) is 11.3 Å². The van der Waals surface area contributed by atoms with E-state index in [0.717, 1.165) is 55.9 Å². The van der Waals surface area contributed by atoms with E-state index in [2.05, 4.69) is 22.2 Å². The van der Waals surface area contributed by atoms with Crippen LogP contribution in [0.15, 0.2) is 30.5 Å². The van der Waals surface area contributed by atoms with Crippen molar-refractivity contribution in [1.29, 1.82) is 0 Å². The predicted molar refractivity (Wildman–Crippen MR) is 81.6 cm³/mol. The van der Waals surface area contributed by atoms with Crippen LogP contribution < -0.4 is 5.32 Å². The van der Waals surface area contributed by atoms with Gasteiger partial charge < -0.3 is 10.1 Å². The van der Waals surface area contributed by atoms with Crippen LogP contribution in [0.5, 0.6) is 0 Å². The minimum atomic E-state index is 0.757. The monoisotopic (exact) mass is 273 g/mol. The summed E-state index contributed by atoms with van der Waals surface area (Å²) in [5, 5.41) is 3.37. The molecule has 0 unspecified atom stereocenters. The largest absolute Gasteiger partial charge is 0.381 e. The molecule has 1 aromatic carbocycles. The Morgan fingerprint density at radius 2 is 1.90 bits per heavy atom. The second kappa shape index (κ2) is 8.61. The predicted octanol–water partition coefficient (Wildman–Crippen LogP) is 2.93. The van der Waals surface area contributed by atoms with Crippen LogP contribution in [0.1, 0.15) is 31.9 Å². The zero-order chi connectivity index (χ0) is 14.0. The number of para-hydroxylation sites is 2. The van der Waals surface area contributed by atoms with Crippen molar-refractivity contribution in [2.75, 3.05) is 19.8 Å². The number of nitrogens with one attached hydrogen (secondary N) is 1. The van der Waals surface area contributed by atoms with Gasteiger partial charge >= 0.3 is 0 Å². The summed E-state index contributed by atoms with van der Waals surface area (Å²) in [6.07, 6.45) is 5.22. The van der Waals surface area contributed by atoms with E-state index in [9.17, 15) is 0 Å². The van der Waals surface area contributed by atoms with E-state index in [1.807, 2.05) is 30.5 Å². The van der Waals surface area contributed by atoms with Gasteiger partial charge in [0.1, 0.15) is 0 Å². The Kier molecular flexibility index (Phi) is 6.41. The van der Waals surface area contributed by atoms with Gasteiger partial charge in [-0.15, -0.1) is 0 Å². The number of nitrogens with zero attached hydrogens (tertiary/aromatic N) is 2. The molecular formula is C16H23N3O. The van der Waals surface area contributed by atoms with Gasteiger partial charge in [0.05, 0.1) is 22.9 Å². The molecule has 1 heterocycles. The maximum atomic E-state index is 5.52. The summed E-state index contributed by atoms with van der Waals surface area (Å²) < 4.78 is 5.52. The quantitative estimate of drug-likeness (QED) is 0.714.